The zero-order chi connectivity index (χ0) is 23.1. The molecule has 1 atom stereocenters. The Morgan fingerprint density at radius 2 is 1.71 bits per heavy atom. The number of benzene rings is 2. The van der Waals surface area contributed by atoms with Crippen LogP contribution in [-0.4, -0.2) is 38.4 Å². The van der Waals surface area contributed by atoms with E-state index in [4.69, 9.17) is 0 Å². The van der Waals surface area contributed by atoms with E-state index in [2.05, 4.69) is 90.0 Å². The summed E-state index contributed by atoms with van der Waals surface area (Å²) in [7, 11) is 0. The summed E-state index contributed by atoms with van der Waals surface area (Å²) in [6, 6.07) is 20.9. The highest BCUT2D eigenvalue weighted by atomic mass is 79.9. The first-order valence-corrected chi connectivity index (χ1v) is 12.5. The van der Waals surface area contributed by atoms with Gasteiger partial charge >= 0.3 is 0 Å². The first-order chi connectivity index (χ1) is 16.7. The number of amides is 1. The number of carbonyl (C=O) groups is 1. The molecule has 0 radical (unpaired) electrons. The van der Waals surface area contributed by atoms with Gasteiger partial charge in [-0.1, -0.05) is 52.3 Å². The summed E-state index contributed by atoms with van der Waals surface area (Å²) in [5.74, 6) is 1.59. The molecule has 5 nitrogen and oxygen atoms in total. The van der Waals surface area contributed by atoms with E-state index >= 15 is 0 Å². The van der Waals surface area contributed by atoms with Gasteiger partial charge in [-0.05, 0) is 59.7 Å². The minimum Gasteiger partial charge on any atom is -0.343 e. The fraction of sp³-hybridized carbons (Fsp3) is 0.250. The number of nitrogens with zero attached hydrogens (tertiary/aromatic N) is 4. The molecule has 2 aromatic carbocycles. The lowest BCUT2D eigenvalue weighted by Crippen LogP contribution is -2.44. The number of fused-ring (bicyclic) bond motifs is 3. The minimum absolute atomic E-state index is 0.187. The Hall–Kier alpha value is -3.25. The van der Waals surface area contributed by atoms with Crippen molar-refractivity contribution in [1.29, 1.82) is 0 Å². The van der Waals surface area contributed by atoms with Crippen molar-refractivity contribution in [3.8, 4) is 11.4 Å². The molecule has 4 aromatic rings. The van der Waals surface area contributed by atoms with Crippen LogP contribution in [0.1, 0.15) is 41.9 Å². The molecule has 1 saturated heterocycles. The van der Waals surface area contributed by atoms with Crippen LogP contribution in [0.2, 0.25) is 0 Å². The van der Waals surface area contributed by atoms with Crippen molar-refractivity contribution >= 4 is 21.8 Å². The molecule has 6 heteroatoms. The van der Waals surface area contributed by atoms with E-state index in [-0.39, 0.29) is 5.91 Å². The molecule has 0 bridgehead atoms. The summed E-state index contributed by atoms with van der Waals surface area (Å²) >= 11 is 3.57. The number of hydrogen-bond donors (Lipinski definition) is 0. The molecule has 1 amide bonds. The molecular formula is C28H25BrN4O. The van der Waals surface area contributed by atoms with Gasteiger partial charge in [0.25, 0.3) is 0 Å². The van der Waals surface area contributed by atoms with Gasteiger partial charge in [0.15, 0.2) is 0 Å². The Labute approximate surface area is 207 Å². The summed E-state index contributed by atoms with van der Waals surface area (Å²) in [6.45, 7) is 1.56. The topological polar surface area (TPSA) is 51.0 Å². The molecule has 170 valence electrons. The van der Waals surface area contributed by atoms with Gasteiger partial charge in [-0.15, -0.1) is 0 Å². The summed E-state index contributed by atoms with van der Waals surface area (Å²) in [5.41, 5.74) is 4.04. The lowest BCUT2D eigenvalue weighted by atomic mass is 9.79. The zero-order valence-corrected chi connectivity index (χ0v) is 20.4. The summed E-state index contributed by atoms with van der Waals surface area (Å²) in [4.78, 5) is 24.7. The van der Waals surface area contributed by atoms with Gasteiger partial charge in [0.05, 0.1) is 6.42 Å². The number of likely N-dealkylation sites (tertiary alicyclic amines) is 1. The van der Waals surface area contributed by atoms with Crippen LogP contribution in [0.5, 0.6) is 0 Å². The highest BCUT2D eigenvalue weighted by Crippen LogP contribution is 2.49. The maximum absolute atomic E-state index is 13.9. The van der Waals surface area contributed by atoms with Gasteiger partial charge in [0, 0.05) is 47.9 Å². The molecule has 2 aromatic heterocycles. The van der Waals surface area contributed by atoms with Crippen molar-refractivity contribution in [3.05, 3.63) is 107 Å². The average Bonchev–Trinajstić information content (AvgIpc) is 3.47. The molecule has 6 rings (SSSR count). The van der Waals surface area contributed by atoms with Crippen LogP contribution in [0.15, 0.2) is 89.9 Å². The quantitative estimate of drug-likeness (QED) is 0.357. The van der Waals surface area contributed by atoms with Crippen molar-refractivity contribution in [1.82, 2.24) is 19.4 Å². The second kappa shape index (κ2) is 8.51. The maximum atomic E-state index is 13.9. The van der Waals surface area contributed by atoms with Crippen LogP contribution in [-0.2, 0) is 10.3 Å². The Bertz CT molecular complexity index is 1330. The number of aromatic nitrogens is 3. The third kappa shape index (κ3) is 3.40. The second-order valence-electron chi connectivity index (χ2n) is 9.15. The minimum atomic E-state index is -0.609. The van der Waals surface area contributed by atoms with Gasteiger partial charge in [0.1, 0.15) is 11.4 Å². The van der Waals surface area contributed by atoms with Crippen molar-refractivity contribution in [2.24, 2.45) is 0 Å². The third-order valence-electron chi connectivity index (χ3n) is 7.42. The fourth-order valence-electron chi connectivity index (χ4n) is 5.71. The highest BCUT2D eigenvalue weighted by molar-refractivity contribution is 9.10. The first-order valence-electron chi connectivity index (χ1n) is 11.7. The fourth-order valence-corrected chi connectivity index (χ4v) is 5.97. The summed E-state index contributed by atoms with van der Waals surface area (Å²) < 4.78 is 3.22. The predicted octanol–water partition coefficient (Wildman–Crippen LogP) is 5.61. The molecule has 34 heavy (non-hydrogen) atoms. The summed E-state index contributed by atoms with van der Waals surface area (Å²) in [5, 5.41) is 0. The van der Waals surface area contributed by atoms with Crippen molar-refractivity contribution < 1.29 is 4.79 Å². The molecular weight excluding hydrogens is 488 g/mol. The first kappa shape index (κ1) is 21.3. The van der Waals surface area contributed by atoms with E-state index in [1.807, 2.05) is 30.9 Å². The van der Waals surface area contributed by atoms with Crippen LogP contribution in [0.4, 0.5) is 0 Å². The maximum Gasteiger partial charge on any atom is 0.225 e. The smallest absolute Gasteiger partial charge is 0.225 e. The molecule has 2 aliphatic rings. The Morgan fingerprint density at radius 3 is 2.47 bits per heavy atom. The van der Waals surface area contributed by atoms with E-state index < -0.39 is 5.54 Å². The normalized spacial score (nSPS) is 19.6. The molecule has 0 spiro atoms. The van der Waals surface area contributed by atoms with Crippen LogP contribution < -0.4 is 0 Å². The molecule has 2 aliphatic heterocycles. The van der Waals surface area contributed by atoms with Crippen molar-refractivity contribution in [2.75, 3.05) is 13.1 Å². The lowest BCUT2D eigenvalue weighted by molar-refractivity contribution is -0.133. The van der Waals surface area contributed by atoms with E-state index in [0.717, 1.165) is 52.9 Å². The van der Waals surface area contributed by atoms with Crippen LogP contribution in [0, 0.1) is 0 Å². The summed E-state index contributed by atoms with van der Waals surface area (Å²) in [6.07, 6.45) is 9.89. The Kier molecular flexibility index (Phi) is 5.33. The zero-order valence-electron chi connectivity index (χ0n) is 18.8. The molecule has 0 N–H and O–H groups in total. The Morgan fingerprint density at radius 1 is 0.971 bits per heavy atom. The number of pyridine rings is 1. The number of imidazole rings is 1. The van der Waals surface area contributed by atoms with Crippen molar-refractivity contribution in [2.45, 2.75) is 30.7 Å². The van der Waals surface area contributed by atoms with Crippen molar-refractivity contribution in [3.63, 3.8) is 0 Å². The van der Waals surface area contributed by atoms with E-state index in [0.29, 0.717) is 12.3 Å². The van der Waals surface area contributed by atoms with Gasteiger partial charge in [-0.2, -0.15) is 0 Å². The van der Waals surface area contributed by atoms with Gasteiger partial charge in [0.2, 0.25) is 5.91 Å². The molecule has 4 heterocycles. The lowest BCUT2D eigenvalue weighted by Gasteiger charge is -2.37. The number of hydrogen-bond acceptors (Lipinski definition) is 3. The number of piperidine rings is 1. The van der Waals surface area contributed by atoms with Gasteiger partial charge in [-0.25, -0.2) is 4.98 Å². The average molecular weight is 513 g/mol. The number of halogens is 1. The van der Waals surface area contributed by atoms with E-state index in [1.165, 1.54) is 5.56 Å². The standard InChI is InChI=1S/C28H25BrN4O/c29-23-7-5-22(6-8-23)28(25-4-2-1-3-24(25)27-31-15-18-33(27)28)19-26(34)32-16-11-21(12-17-32)20-9-13-30-14-10-20/h1-10,13-15,18,21H,11-12,16-17,19H2. The highest BCUT2D eigenvalue weighted by Gasteiger charge is 2.47. The number of carbonyl (C=O) groups excluding carboxylic acids is 1. The van der Waals surface area contributed by atoms with E-state index in [9.17, 15) is 4.79 Å². The number of rotatable bonds is 4. The third-order valence-corrected chi connectivity index (χ3v) is 7.95. The molecule has 1 fully saturated rings. The molecule has 1 unspecified atom stereocenters. The van der Waals surface area contributed by atoms with Gasteiger partial charge in [-0.3, -0.25) is 9.78 Å². The largest absolute Gasteiger partial charge is 0.343 e. The predicted molar refractivity (Wildman–Crippen MR) is 135 cm³/mol. The molecule has 0 aliphatic carbocycles. The van der Waals surface area contributed by atoms with Crippen LogP contribution in [0.3, 0.4) is 0 Å². The second-order valence-corrected chi connectivity index (χ2v) is 10.1. The SMILES string of the molecule is O=C(CC1(c2ccc(Br)cc2)c2ccccc2-c2nccn21)N1CCC(c2ccncc2)CC1. The van der Waals surface area contributed by atoms with Crippen LogP contribution >= 0.6 is 15.9 Å². The van der Waals surface area contributed by atoms with E-state index in [1.54, 1.807) is 0 Å². The molecule has 0 saturated carbocycles. The Balaban J connectivity index is 1.34. The van der Waals surface area contributed by atoms with Crippen LogP contribution in [0.25, 0.3) is 11.4 Å². The monoisotopic (exact) mass is 512 g/mol. The van der Waals surface area contributed by atoms with Gasteiger partial charge < -0.3 is 9.47 Å².